The van der Waals surface area contributed by atoms with Gasteiger partial charge >= 0.3 is 0 Å². The molecule has 0 aliphatic carbocycles. The molecule has 1 heterocycles. The van der Waals surface area contributed by atoms with Crippen LogP contribution in [0.25, 0.3) is 0 Å². The molecule has 108 valence electrons. The van der Waals surface area contributed by atoms with Crippen LogP contribution in [-0.4, -0.2) is 48.7 Å². The molecule has 6 heteroatoms. The number of hydrogen-bond donors (Lipinski definition) is 1. The Hall–Kier alpha value is -1.69. The molecule has 1 fully saturated rings. The predicted molar refractivity (Wildman–Crippen MR) is 77.9 cm³/mol. The van der Waals surface area contributed by atoms with Crippen LogP contribution >= 0.6 is 11.8 Å². The number of amides is 2. The zero-order chi connectivity index (χ0) is 14.4. The molecular formula is C14H18N2O3S. The first-order valence-corrected chi connectivity index (χ1v) is 7.57. The summed E-state index contributed by atoms with van der Waals surface area (Å²) in [4.78, 5) is 25.8. The standard InChI is InChI=1S/C14H18N2O3S/c1-2-19-11-3-5-12(6-4-11)20-10-14(18)16-8-7-15-13(17)9-16/h3-6H,2,7-10H2,1H3,(H,15,17). The Kier molecular flexibility index (Phi) is 5.29. The maximum Gasteiger partial charge on any atom is 0.239 e. The lowest BCUT2D eigenvalue weighted by Crippen LogP contribution is -2.50. The Morgan fingerprint density at radius 1 is 1.40 bits per heavy atom. The molecular weight excluding hydrogens is 276 g/mol. The van der Waals surface area contributed by atoms with Gasteiger partial charge < -0.3 is 15.0 Å². The van der Waals surface area contributed by atoms with Gasteiger partial charge in [-0.3, -0.25) is 9.59 Å². The third-order valence-corrected chi connectivity index (χ3v) is 3.88. The molecule has 0 saturated carbocycles. The van der Waals surface area contributed by atoms with Gasteiger partial charge in [-0.2, -0.15) is 0 Å². The van der Waals surface area contributed by atoms with Gasteiger partial charge in [0.25, 0.3) is 0 Å². The molecule has 0 spiro atoms. The van der Waals surface area contributed by atoms with E-state index in [0.717, 1.165) is 10.6 Å². The average molecular weight is 294 g/mol. The Bertz CT molecular complexity index is 476. The van der Waals surface area contributed by atoms with Crippen LogP contribution in [-0.2, 0) is 9.59 Å². The summed E-state index contributed by atoms with van der Waals surface area (Å²) in [6.07, 6.45) is 0. The molecule has 0 unspecified atom stereocenters. The number of nitrogens with one attached hydrogen (secondary N) is 1. The summed E-state index contributed by atoms with van der Waals surface area (Å²) in [5, 5.41) is 2.71. The van der Waals surface area contributed by atoms with E-state index in [1.54, 1.807) is 4.90 Å². The van der Waals surface area contributed by atoms with Gasteiger partial charge in [-0.1, -0.05) is 0 Å². The molecule has 1 N–H and O–H groups in total. The van der Waals surface area contributed by atoms with E-state index in [0.29, 0.717) is 25.4 Å². The highest BCUT2D eigenvalue weighted by Gasteiger charge is 2.20. The normalized spacial score (nSPS) is 14.8. The lowest BCUT2D eigenvalue weighted by atomic mass is 10.3. The molecule has 1 aromatic carbocycles. The molecule has 0 aromatic heterocycles. The summed E-state index contributed by atoms with van der Waals surface area (Å²) < 4.78 is 5.36. The van der Waals surface area contributed by atoms with Crippen LogP contribution in [0.5, 0.6) is 5.75 Å². The molecule has 1 aliphatic rings. The van der Waals surface area contributed by atoms with Gasteiger partial charge in [0.1, 0.15) is 5.75 Å². The topological polar surface area (TPSA) is 58.6 Å². The van der Waals surface area contributed by atoms with Crippen molar-refractivity contribution in [1.82, 2.24) is 10.2 Å². The fraction of sp³-hybridized carbons (Fsp3) is 0.429. The zero-order valence-electron chi connectivity index (χ0n) is 11.4. The quantitative estimate of drug-likeness (QED) is 0.827. The number of rotatable bonds is 5. The summed E-state index contributed by atoms with van der Waals surface area (Å²) in [5.41, 5.74) is 0. The molecule has 0 atom stereocenters. The third-order valence-electron chi connectivity index (χ3n) is 2.89. The van der Waals surface area contributed by atoms with Gasteiger partial charge in [0.05, 0.1) is 18.9 Å². The summed E-state index contributed by atoms with van der Waals surface area (Å²) in [6, 6.07) is 7.66. The second-order valence-electron chi connectivity index (χ2n) is 4.36. The second-order valence-corrected chi connectivity index (χ2v) is 5.41. The molecule has 0 radical (unpaired) electrons. The largest absolute Gasteiger partial charge is 0.494 e. The highest BCUT2D eigenvalue weighted by Crippen LogP contribution is 2.21. The molecule has 1 aromatic rings. The van der Waals surface area contributed by atoms with E-state index in [9.17, 15) is 9.59 Å². The highest BCUT2D eigenvalue weighted by atomic mass is 32.2. The van der Waals surface area contributed by atoms with Crippen molar-refractivity contribution < 1.29 is 14.3 Å². The SMILES string of the molecule is CCOc1ccc(SCC(=O)N2CCNC(=O)C2)cc1. The van der Waals surface area contributed by atoms with E-state index in [2.05, 4.69) is 5.32 Å². The van der Waals surface area contributed by atoms with Gasteiger partial charge in [0.2, 0.25) is 11.8 Å². The van der Waals surface area contributed by atoms with Gasteiger partial charge in [-0.05, 0) is 31.2 Å². The maximum absolute atomic E-state index is 12.0. The number of piperazine rings is 1. The summed E-state index contributed by atoms with van der Waals surface area (Å²) in [5.74, 6) is 1.09. The first-order chi connectivity index (χ1) is 9.69. The molecule has 1 aliphatic heterocycles. The van der Waals surface area contributed by atoms with Gasteiger partial charge in [-0.15, -0.1) is 11.8 Å². The van der Waals surface area contributed by atoms with Crippen LogP contribution in [0, 0.1) is 0 Å². The van der Waals surface area contributed by atoms with Crippen molar-refractivity contribution in [2.75, 3.05) is 32.0 Å². The third kappa shape index (κ3) is 4.16. The number of ether oxygens (including phenoxy) is 1. The second kappa shape index (κ2) is 7.19. The summed E-state index contributed by atoms with van der Waals surface area (Å²) in [7, 11) is 0. The maximum atomic E-state index is 12.0. The first-order valence-electron chi connectivity index (χ1n) is 6.59. The monoisotopic (exact) mass is 294 g/mol. The number of carbonyl (C=O) groups is 2. The van der Waals surface area contributed by atoms with Crippen LogP contribution in [0.1, 0.15) is 6.92 Å². The highest BCUT2D eigenvalue weighted by molar-refractivity contribution is 8.00. The minimum Gasteiger partial charge on any atom is -0.494 e. The van der Waals surface area contributed by atoms with E-state index in [-0.39, 0.29) is 18.4 Å². The van der Waals surface area contributed by atoms with E-state index < -0.39 is 0 Å². The van der Waals surface area contributed by atoms with Crippen LogP contribution < -0.4 is 10.1 Å². The Morgan fingerprint density at radius 2 is 2.15 bits per heavy atom. The molecule has 0 bridgehead atoms. The lowest BCUT2D eigenvalue weighted by molar-refractivity contribution is -0.136. The number of thioether (sulfide) groups is 1. The fourth-order valence-corrected chi connectivity index (χ4v) is 2.69. The zero-order valence-corrected chi connectivity index (χ0v) is 12.2. The van der Waals surface area contributed by atoms with Crippen LogP contribution in [0.3, 0.4) is 0 Å². The van der Waals surface area contributed by atoms with Crippen LogP contribution in [0.4, 0.5) is 0 Å². The van der Waals surface area contributed by atoms with E-state index in [1.165, 1.54) is 11.8 Å². The molecule has 5 nitrogen and oxygen atoms in total. The number of hydrogen-bond acceptors (Lipinski definition) is 4. The molecule has 2 rings (SSSR count). The Labute approximate surface area is 122 Å². The van der Waals surface area contributed by atoms with Gasteiger partial charge in [0, 0.05) is 18.0 Å². The van der Waals surface area contributed by atoms with E-state index >= 15 is 0 Å². The summed E-state index contributed by atoms with van der Waals surface area (Å²) >= 11 is 1.47. The van der Waals surface area contributed by atoms with Crippen LogP contribution in [0.2, 0.25) is 0 Å². The van der Waals surface area contributed by atoms with Gasteiger partial charge in [0.15, 0.2) is 0 Å². The van der Waals surface area contributed by atoms with Crippen LogP contribution in [0.15, 0.2) is 29.2 Å². The van der Waals surface area contributed by atoms with Crippen molar-refractivity contribution >= 4 is 23.6 Å². The minimum absolute atomic E-state index is 0.00117. The number of benzene rings is 1. The van der Waals surface area contributed by atoms with Gasteiger partial charge in [-0.25, -0.2) is 0 Å². The Morgan fingerprint density at radius 3 is 2.80 bits per heavy atom. The van der Waals surface area contributed by atoms with Crippen molar-refractivity contribution in [1.29, 1.82) is 0 Å². The lowest BCUT2D eigenvalue weighted by Gasteiger charge is -2.26. The molecule has 2 amide bonds. The molecule has 20 heavy (non-hydrogen) atoms. The van der Waals surface area contributed by atoms with Crippen molar-refractivity contribution in [3.05, 3.63) is 24.3 Å². The smallest absolute Gasteiger partial charge is 0.239 e. The fourth-order valence-electron chi connectivity index (χ4n) is 1.89. The van der Waals surface area contributed by atoms with E-state index in [4.69, 9.17) is 4.74 Å². The summed E-state index contributed by atoms with van der Waals surface area (Å²) in [6.45, 7) is 3.88. The molecule has 1 saturated heterocycles. The Balaban J connectivity index is 1.82. The first kappa shape index (κ1) is 14.7. The van der Waals surface area contributed by atoms with Crippen molar-refractivity contribution in [2.24, 2.45) is 0 Å². The predicted octanol–water partition coefficient (Wildman–Crippen LogP) is 1.14. The average Bonchev–Trinajstić information content (AvgIpc) is 2.46. The van der Waals surface area contributed by atoms with E-state index in [1.807, 2.05) is 31.2 Å². The van der Waals surface area contributed by atoms with Crippen molar-refractivity contribution in [2.45, 2.75) is 11.8 Å². The number of nitrogens with zero attached hydrogens (tertiary/aromatic N) is 1. The number of carbonyl (C=O) groups excluding carboxylic acids is 2. The minimum atomic E-state index is -0.0873. The van der Waals surface area contributed by atoms with Crippen molar-refractivity contribution in [3.63, 3.8) is 0 Å². The van der Waals surface area contributed by atoms with Crippen molar-refractivity contribution in [3.8, 4) is 5.75 Å².